The van der Waals surface area contributed by atoms with E-state index in [-0.39, 0.29) is 0 Å². The van der Waals surface area contributed by atoms with Gasteiger partial charge in [-0.25, -0.2) is 4.98 Å². The summed E-state index contributed by atoms with van der Waals surface area (Å²) in [5, 5.41) is 11.3. The van der Waals surface area contributed by atoms with Crippen LogP contribution in [0.25, 0.3) is 0 Å². The van der Waals surface area contributed by atoms with Crippen molar-refractivity contribution in [3.8, 4) is 0 Å². The Morgan fingerprint density at radius 2 is 2.67 bits per heavy atom. The molecule has 0 amide bonds. The zero-order valence-corrected chi connectivity index (χ0v) is 6.65. The summed E-state index contributed by atoms with van der Waals surface area (Å²) in [6.45, 7) is 0. The lowest BCUT2D eigenvalue weighted by Crippen LogP contribution is -2.35. The third kappa shape index (κ3) is 2.06. The summed E-state index contributed by atoms with van der Waals surface area (Å²) < 4.78 is 4.71. The maximum atomic E-state index is 10.5. The minimum atomic E-state index is -0.888. The zero-order valence-electron chi connectivity index (χ0n) is 6.65. The van der Waals surface area contributed by atoms with Gasteiger partial charge in [0.15, 0.2) is 6.39 Å². The molecule has 0 saturated carbocycles. The summed E-state index contributed by atoms with van der Waals surface area (Å²) >= 11 is 0. The first kappa shape index (κ1) is 8.73. The van der Waals surface area contributed by atoms with E-state index in [4.69, 9.17) is 9.52 Å². The van der Waals surface area contributed by atoms with E-state index in [1.807, 2.05) is 0 Å². The van der Waals surface area contributed by atoms with E-state index in [0.29, 0.717) is 12.1 Å². The highest BCUT2D eigenvalue weighted by molar-refractivity contribution is 5.73. The number of hydrogen-bond donors (Lipinski definition) is 2. The van der Waals surface area contributed by atoms with E-state index in [9.17, 15) is 4.79 Å². The highest BCUT2D eigenvalue weighted by Crippen LogP contribution is 1.99. The number of carboxylic acid groups (broad SMARTS) is 1. The van der Waals surface area contributed by atoms with Crippen LogP contribution < -0.4 is 5.32 Å². The minimum absolute atomic E-state index is 0.336. The molecule has 0 bridgehead atoms. The van der Waals surface area contributed by atoms with Gasteiger partial charge in [-0.1, -0.05) is 0 Å². The van der Waals surface area contributed by atoms with E-state index in [0.717, 1.165) is 0 Å². The van der Waals surface area contributed by atoms with Crippen molar-refractivity contribution < 1.29 is 14.3 Å². The fourth-order valence-corrected chi connectivity index (χ4v) is 0.860. The largest absolute Gasteiger partial charge is 0.480 e. The van der Waals surface area contributed by atoms with Crippen molar-refractivity contribution in [3.63, 3.8) is 0 Å². The quantitative estimate of drug-likeness (QED) is 0.659. The van der Waals surface area contributed by atoms with Gasteiger partial charge in [0.1, 0.15) is 12.3 Å². The highest BCUT2D eigenvalue weighted by atomic mass is 16.4. The molecule has 1 aromatic rings. The Morgan fingerprint density at radius 3 is 3.08 bits per heavy atom. The molecule has 1 heterocycles. The van der Waals surface area contributed by atoms with Gasteiger partial charge in [0, 0.05) is 6.42 Å². The lowest BCUT2D eigenvalue weighted by Gasteiger charge is -2.07. The summed E-state index contributed by atoms with van der Waals surface area (Å²) in [7, 11) is 1.60. The lowest BCUT2D eigenvalue weighted by atomic mass is 10.2. The van der Waals surface area contributed by atoms with E-state index in [1.54, 1.807) is 7.05 Å². The number of aliphatic carboxylic acids is 1. The number of carboxylic acids is 1. The van der Waals surface area contributed by atoms with Gasteiger partial charge in [0.05, 0.1) is 5.69 Å². The van der Waals surface area contributed by atoms with Crippen LogP contribution in [0.3, 0.4) is 0 Å². The first-order valence-corrected chi connectivity index (χ1v) is 3.51. The van der Waals surface area contributed by atoms with Crippen molar-refractivity contribution in [2.75, 3.05) is 7.05 Å². The summed E-state index contributed by atoms with van der Waals surface area (Å²) in [5.74, 6) is -0.888. The molecule has 5 heteroatoms. The van der Waals surface area contributed by atoms with Gasteiger partial charge in [0.25, 0.3) is 0 Å². The predicted molar refractivity (Wildman–Crippen MR) is 40.7 cm³/mol. The van der Waals surface area contributed by atoms with Crippen LogP contribution in [0.2, 0.25) is 0 Å². The Morgan fingerprint density at radius 1 is 1.92 bits per heavy atom. The monoisotopic (exact) mass is 170 g/mol. The van der Waals surface area contributed by atoms with Gasteiger partial charge in [-0.15, -0.1) is 0 Å². The summed E-state index contributed by atoms with van der Waals surface area (Å²) in [6.07, 6.45) is 3.06. The Bertz CT molecular complexity index is 245. The van der Waals surface area contributed by atoms with Crippen molar-refractivity contribution in [1.82, 2.24) is 10.3 Å². The van der Waals surface area contributed by atoms with Crippen LogP contribution in [0.4, 0.5) is 0 Å². The second kappa shape index (κ2) is 3.87. The van der Waals surface area contributed by atoms with Crippen LogP contribution in [-0.4, -0.2) is 29.1 Å². The maximum absolute atomic E-state index is 10.5. The van der Waals surface area contributed by atoms with E-state index >= 15 is 0 Å². The van der Waals surface area contributed by atoms with E-state index < -0.39 is 12.0 Å². The molecular formula is C7H10N2O3. The van der Waals surface area contributed by atoms with Gasteiger partial charge < -0.3 is 14.8 Å². The van der Waals surface area contributed by atoms with E-state index in [1.165, 1.54) is 12.7 Å². The molecule has 0 spiro atoms. The second-order valence-electron chi connectivity index (χ2n) is 2.36. The van der Waals surface area contributed by atoms with Crippen LogP contribution in [0, 0.1) is 0 Å². The molecule has 0 fully saturated rings. The van der Waals surface area contributed by atoms with Gasteiger partial charge in [-0.2, -0.15) is 0 Å². The molecular weight excluding hydrogens is 160 g/mol. The SMILES string of the molecule is CNC(Cc1cocn1)C(=O)O. The molecule has 0 aromatic carbocycles. The number of oxazole rings is 1. The predicted octanol–water partition coefficient (Wildman–Crippen LogP) is -0.110. The van der Waals surface area contributed by atoms with E-state index in [2.05, 4.69) is 10.3 Å². The van der Waals surface area contributed by atoms with Crippen LogP contribution in [0.15, 0.2) is 17.1 Å². The van der Waals surface area contributed by atoms with Crippen molar-refractivity contribution in [2.24, 2.45) is 0 Å². The Labute approximate surface area is 69.4 Å². The molecule has 1 atom stereocenters. The Hall–Kier alpha value is -1.36. The average Bonchev–Trinajstić information content (AvgIpc) is 2.51. The Kier molecular flexibility index (Phi) is 2.82. The molecule has 0 aliphatic heterocycles. The first-order chi connectivity index (χ1) is 5.74. The average molecular weight is 170 g/mol. The number of rotatable bonds is 4. The Balaban J connectivity index is 2.54. The zero-order chi connectivity index (χ0) is 8.97. The third-order valence-electron chi connectivity index (χ3n) is 1.54. The van der Waals surface area contributed by atoms with Crippen molar-refractivity contribution in [1.29, 1.82) is 0 Å². The van der Waals surface area contributed by atoms with Crippen molar-refractivity contribution in [3.05, 3.63) is 18.4 Å². The van der Waals surface area contributed by atoms with Crippen LogP contribution in [0.1, 0.15) is 5.69 Å². The van der Waals surface area contributed by atoms with Gasteiger partial charge >= 0.3 is 5.97 Å². The molecule has 12 heavy (non-hydrogen) atoms. The van der Waals surface area contributed by atoms with Gasteiger partial charge in [-0.3, -0.25) is 4.79 Å². The molecule has 1 rings (SSSR count). The topological polar surface area (TPSA) is 75.4 Å². The van der Waals surface area contributed by atoms with Crippen LogP contribution in [0.5, 0.6) is 0 Å². The van der Waals surface area contributed by atoms with Crippen molar-refractivity contribution >= 4 is 5.97 Å². The molecule has 1 unspecified atom stereocenters. The fourth-order valence-electron chi connectivity index (χ4n) is 0.860. The van der Waals surface area contributed by atoms with Crippen molar-refractivity contribution in [2.45, 2.75) is 12.5 Å². The van der Waals surface area contributed by atoms with Crippen LogP contribution in [-0.2, 0) is 11.2 Å². The summed E-state index contributed by atoms with van der Waals surface area (Å²) in [4.78, 5) is 14.4. The smallest absolute Gasteiger partial charge is 0.321 e. The lowest BCUT2D eigenvalue weighted by molar-refractivity contribution is -0.139. The maximum Gasteiger partial charge on any atom is 0.321 e. The number of hydrogen-bond acceptors (Lipinski definition) is 4. The first-order valence-electron chi connectivity index (χ1n) is 3.51. The highest BCUT2D eigenvalue weighted by Gasteiger charge is 2.16. The summed E-state index contributed by atoms with van der Waals surface area (Å²) in [6, 6.07) is -0.602. The fraction of sp³-hybridized carbons (Fsp3) is 0.429. The molecule has 0 aliphatic carbocycles. The molecule has 66 valence electrons. The number of nitrogens with one attached hydrogen (secondary N) is 1. The molecule has 5 nitrogen and oxygen atoms in total. The van der Waals surface area contributed by atoms with Crippen LogP contribution >= 0.6 is 0 Å². The number of nitrogens with zero attached hydrogens (tertiary/aromatic N) is 1. The number of carbonyl (C=O) groups is 1. The molecule has 1 aromatic heterocycles. The number of aromatic nitrogens is 1. The second-order valence-corrected chi connectivity index (χ2v) is 2.36. The van der Waals surface area contributed by atoms with Gasteiger partial charge in [-0.05, 0) is 7.05 Å². The minimum Gasteiger partial charge on any atom is -0.480 e. The summed E-state index contributed by atoms with van der Waals surface area (Å²) in [5.41, 5.74) is 0.636. The molecule has 0 saturated heterocycles. The third-order valence-corrected chi connectivity index (χ3v) is 1.54. The molecule has 0 radical (unpaired) electrons. The molecule has 2 N–H and O–H groups in total. The standard InChI is InChI=1S/C7H10N2O3/c1-8-6(7(10)11)2-5-3-12-4-9-5/h3-4,6,8H,2H2,1H3,(H,10,11). The normalized spacial score (nSPS) is 12.8. The molecule has 0 aliphatic rings. The number of likely N-dealkylation sites (N-methyl/N-ethyl adjacent to an activating group) is 1. The van der Waals surface area contributed by atoms with Gasteiger partial charge in [0.2, 0.25) is 0 Å².